The third-order valence-corrected chi connectivity index (χ3v) is 5.54. The smallest absolute Gasteiger partial charge is 0.230 e. The second-order valence-corrected chi connectivity index (χ2v) is 7.45. The maximum Gasteiger partial charge on any atom is 0.230 e. The van der Waals surface area contributed by atoms with Crippen molar-refractivity contribution in [1.29, 1.82) is 0 Å². The van der Waals surface area contributed by atoms with Gasteiger partial charge in [-0.25, -0.2) is 0 Å². The van der Waals surface area contributed by atoms with E-state index in [4.69, 9.17) is 11.6 Å². The number of halogens is 2. The molecule has 1 heterocycles. The molecular formula is C18H22Cl2N2OS. The zero-order chi connectivity index (χ0) is 16.2. The van der Waals surface area contributed by atoms with E-state index in [-0.39, 0.29) is 24.4 Å². The average molecular weight is 385 g/mol. The molecule has 3 rings (SSSR count). The summed E-state index contributed by atoms with van der Waals surface area (Å²) in [5.41, 5.74) is 0. The predicted molar refractivity (Wildman–Crippen MR) is 106 cm³/mol. The third-order valence-electron chi connectivity index (χ3n) is 4.16. The molecule has 1 fully saturated rings. The lowest BCUT2D eigenvalue weighted by molar-refractivity contribution is -0.119. The maximum absolute atomic E-state index is 12.2. The summed E-state index contributed by atoms with van der Waals surface area (Å²) in [4.78, 5) is 13.3. The van der Waals surface area contributed by atoms with Gasteiger partial charge in [-0.15, -0.1) is 24.2 Å². The highest BCUT2D eigenvalue weighted by molar-refractivity contribution is 8.00. The second kappa shape index (κ2) is 8.95. The van der Waals surface area contributed by atoms with E-state index in [1.807, 2.05) is 36.4 Å². The van der Waals surface area contributed by atoms with Gasteiger partial charge in [0, 0.05) is 27.4 Å². The molecule has 24 heavy (non-hydrogen) atoms. The Labute approximate surface area is 158 Å². The van der Waals surface area contributed by atoms with E-state index in [1.54, 1.807) is 11.8 Å². The van der Waals surface area contributed by atoms with Crippen LogP contribution in [0, 0.1) is 0 Å². The lowest BCUT2D eigenvalue weighted by Crippen LogP contribution is -2.47. The maximum atomic E-state index is 12.2. The number of benzene rings is 2. The molecule has 0 spiro atoms. The van der Waals surface area contributed by atoms with Crippen LogP contribution >= 0.6 is 35.8 Å². The fraction of sp³-hybridized carbons (Fsp3) is 0.389. The average Bonchev–Trinajstić information content (AvgIpc) is 2.53. The van der Waals surface area contributed by atoms with Crippen molar-refractivity contribution in [3.63, 3.8) is 0 Å². The van der Waals surface area contributed by atoms with E-state index in [1.165, 1.54) is 0 Å². The van der Waals surface area contributed by atoms with Gasteiger partial charge < -0.3 is 10.6 Å². The van der Waals surface area contributed by atoms with Crippen molar-refractivity contribution in [3.05, 3.63) is 41.4 Å². The number of piperidine rings is 1. The summed E-state index contributed by atoms with van der Waals surface area (Å²) < 4.78 is 0. The molecule has 1 amide bonds. The standard InChI is InChI=1S/C18H21ClN2OS.ClH/c1-12-10-14(8-9-20-12)21-17(22)11-23-16-7-3-5-13-4-2-6-15(19)18(13)16;/h2-7,12,14,20H,8-11H2,1H3,(H,21,22);1H. The highest BCUT2D eigenvalue weighted by atomic mass is 35.5. The summed E-state index contributed by atoms with van der Waals surface area (Å²) in [5.74, 6) is 0.515. The number of carbonyl (C=O) groups excluding carboxylic acids is 1. The van der Waals surface area contributed by atoms with E-state index < -0.39 is 0 Å². The van der Waals surface area contributed by atoms with Crippen LogP contribution in [0.15, 0.2) is 41.3 Å². The van der Waals surface area contributed by atoms with Crippen LogP contribution in [0.2, 0.25) is 5.02 Å². The Balaban J connectivity index is 0.00000208. The first-order valence-corrected chi connectivity index (χ1v) is 9.32. The highest BCUT2D eigenvalue weighted by Gasteiger charge is 2.20. The molecule has 0 aromatic heterocycles. The van der Waals surface area contributed by atoms with E-state index >= 15 is 0 Å². The van der Waals surface area contributed by atoms with E-state index in [0.717, 1.165) is 40.1 Å². The number of hydrogen-bond acceptors (Lipinski definition) is 3. The molecule has 0 radical (unpaired) electrons. The molecule has 2 aromatic rings. The van der Waals surface area contributed by atoms with Crippen LogP contribution in [-0.4, -0.2) is 30.3 Å². The molecule has 6 heteroatoms. The SMILES string of the molecule is CC1CC(NC(=O)CSc2cccc3cccc(Cl)c23)CCN1.Cl. The summed E-state index contributed by atoms with van der Waals surface area (Å²) in [6.07, 6.45) is 2.00. The molecule has 1 aliphatic rings. The van der Waals surface area contributed by atoms with Crippen LogP contribution in [0.3, 0.4) is 0 Å². The summed E-state index contributed by atoms with van der Waals surface area (Å²) in [5, 5.41) is 9.42. The Bertz CT molecular complexity index is 705. The minimum absolute atomic E-state index is 0. The van der Waals surface area contributed by atoms with E-state index in [9.17, 15) is 4.79 Å². The predicted octanol–water partition coefficient (Wildman–Crippen LogP) is 4.26. The van der Waals surface area contributed by atoms with Gasteiger partial charge in [0.1, 0.15) is 0 Å². The molecule has 2 atom stereocenters. The van der Waals surface area contributed by atoms with Gasteiger partial charge in [0.2, 0.25) is 5.91 Å². The zero-order valence-electron chi connectivity index (χ0n) is 13.5. The number of thioether (sulfide) groups is 1. The molecule has 2 aromatic carbocycles. The zero-order valence-corrected chi connectivity index (χ0v) is 15.9. The van der Waals surface area contributed by atoms with Gasteiger partial charge in [0.05, 0.1) is 5.75 Å². The number of carbonyl (C=O) groups is 1. The van der Waals surface area contributed by atoms with Crippen LogP contribution in [0.25, 0.3) is 10.8 Å². The summed E-state index contributed by atoms with van der Waals surface area (Å²) >= 11 is 7.88. The van der Waals surface area contributed by atoms with Crippen molar-refractivity contribution < 1.29 is 4.79 Å². The molecule has 130 valence electrons. The fourth-order valence-corrected chi connectivity index (χ4v) is 4.31. The number of hydrogen-bond donors (Lipinski definition) is 2. The minimum Gasteiger partial charge on any atom is -0.353 e. The molecule has 3 nitrogen and oxygen atoms in total. The molecule has 1 saturated heterocycles. The van der Waals surface area contributed by atoms with Gasteiger partial charge in [-0.05, 0) is 43.8 Å². The van der Waals surface area contributed by atoms with Gasteiger partial charge >= 0.3 is 0 Å². The molecular weight excluding hydrogens is 363 g/mol. The molecule has 2 unspecified atom stereocenters. The topological polar surface area (TPSA) is 41.1 Å². The number of amides is 1. The van der Waals surface area contributed by atoms with Crippen LogP contribution in [0.4, 0.5) is 0 Å². The largest absolute Gasteiger partial charge is 0.353 e. The van der Waals surface area contributed by atoms with Gasteiger partial charge in [0.15, 0.2) is 0 Å². The summed E-state index contributed by atoms with van der Waals surface area (Å²) in [7, 11) is 0. The van der Waals surface area contributed by atoms with Crippen molar-refractivity contribution in [3.8, 4) is 0 Å². The normalized spacial score (nSPS) is 20.4. The summed E-state index contributed by atoms with van der Waals surface area (Å²) in [6.45, 7) is 3.13. The number of fused-ring (bicyclic) bond motifs is 1. The van der Waals surface area contributed by atoms with Crippen molar-refractivity contribution >= 4 is 52.4 Å². The Hall–Kier alpha value is -0.940. The first-order chi connectivity index (χ1) is 11.1. The number of rotatable bonds is 4. The van der Waals surface area contributed by atoms with Gasteiger partial charge in [-0.1, -0.05) is 35.9 Å². The Morgan fingerprint density at radius 2 is 2.08 bits per heavy atom. The lowest BCUT2D eigenvalue weighted by atomic mass is 10.0. The molecule has 0 saturated carbocycles. The lowest BCUT2D eigenvalue weighted by Gasteiger charge is -2.28. The fourth-order valence-electron chi connectivity index (χ4n) is 3.06. The first kappa shape index (κ1) is 19.4. The second-order valence-electron chi connectivity index (χ2n) is 6.03. The van der Waals surface area contributed by atoms with Gasteiger partial charge in [0.25, 0.3) is 0 Å². The van der Waals surface area contributed by atoms with Gasteiger partial charge in [-0.3, -0.25) is 4.79 Å². The molecule has 2 N–H and O–H groups in total. The first-order valence-electron chi connectivity index (χ1n) is 7.96. The van der Waals surface area contributed by atoms with Crippen molar-refractivity contribution in [2.45, 2.75) is 36.7 Å². The minimum atomic E-state index is 0. The van der Waals surface area contributed by atoms with Crippen LogP contribution in [-0.2, 0) is 4.79 Å². The Morgan fingerprint density at radius 1 is 1.33 bits per heavy atom. The van der Waals surface area contributed by atoms with Crippen LogP contribution in [0.1, 0.15) is 19.8 Å². The summed E-state index contributed by atoms with van der Waals surface area (Å²) in [6, 6.07) is 12.7. The van der Waals surface area contributed by atoms with E-state index in [2.05, 4.69) is 17.6 Å². The monoisotopic (exact) mass is 384 g/mol. The van der Waals surface area contributed by atoms with Crippen molar-refractivity contribution in [1.82, 2.24) is 10.6 Å². The molecule has 0 aliphatic carbocycles. The quantitative estimate of drug-likeness (QED) is 0.773. The van der Waals surface area contributed by atoms with Gasteiger partial charge in [-0.2, -0.15) is 0 Å². The molecule has 1 aliphatic heterocycles. The molecule has 0 bridgehead atoms. The number of nitrogens with one attached hydrogen (secondary N) is 2. The van der Waals surface area contributed by atoms with E-state index in [0.29, 0.717) is 11.8 Å². The highest BCUT2D eigenvalue weighted by Crippen LogP contribution is 2.33. The Morgan fingerprint density at radius 3 is 2.83 bits per heavy atom. The van der Waals surface area contributed by atoms with Crippen molar-refractivity contribution in [2.75, 3.05) is 12.3 Å². The Kier molecular flexibility index (Phi) is 7.23. The van der Waals surface area contributed by atoms with Crippen LogP contribution < -0.4 is 10.6 Å². The third kappa shape index (κ3) is 4.79. The van der Waals surface area contributed by atoms with Crippen LogP contribution in [0.5, 0.6) is 0 Å². The van der Waals surface area contributed by atoms with Crippen molar-refractivity contribution in [2.24, 2.45) is 0 Å².